The van der Waals surface area contributed by atoms with Gasteiger partial charge in [0.05, 0.1) is 4.90 Å². The summed E-state index contributed by atoms with van der Waals surface area (Å²) in [7, 11) is -3.41. The fourth-order valence-electron chi connectivity index (χ4n) is 2.42. The van der Waals surface area contributed by atoms with Crippen molar-refractivity contribution in [3.63, 3.8) is 0 Å². The van der Waals surface area contributed by atoms with Crippen LogP contribution in [-0.4, -0.2) is 19.8 Å². The third-order valence-corrected chi connectivity index (χ3v) is 5.38. The van der Waals surface area contributed by atoms with Gasteiger partial charge in [-0.15, -0.1) is 0 Å². The SMILES string of the molecule is CS(=O)(=O)c1ccc(-c2oc(CO)cc(=O)c2Oc2ccc(Br)cc2F)cc1. The quantitative estimate of drug-likeness (QED) is 0.610. The highest BCUT2D eigenvalue weighted by Gasteiger charge is 2.19. The lowest BCUT2D eigenvalue weighted by Gasteiger charge is -2.12. The van der Waals surface area contributed by atoms with Crippen LogP contribution in [0.15, 0.2) is 67.1 Å². The molecule has 1 heterocycles. The van der Waals surface area contributed by atoms with E-state index in [1.165, 1.54) is 36.4 Å². The van der Waals surface area contributed by atoms with E-state index in [4.69, 9.17) is 9.15 Å². The summed E-state index contributed by atoms with van der Waals surface area (Å²) < 4.78 is 48.9. The largest absolute Gasteiger partial charge is 0.454 e. The van der Waals surface area contributed by atoms with Crippen molar-refractivity contribution in [3.8, 4) is 22.8 Å². The fraction of sp³-hybridized carbons (Fsp3) is 0.105. The van der Waals surface area contributed by atoms with Crippen LogP contribution in [0.1, 0.15) is 5.76 Å². The highest BCUT2D eigenvalue weighted by molar-refractivity contribution is 9.10. The van der Waals surface area contributed by atoms with Gasteiger partial charge in [-0.3, -0.25) is 4.79 Å². The second kappa shape index (κ2) is 7.86. The Morgan fingerprint density at radius 3 is 2.39 bits per heavy atom. The van der Waals surface area contributed by atoms with Gasteiger partial charge in [0.1, 0.15) is 12.4 Å². The van der Waals surface area contributed by atoms with Gasteiger partial charge >= 0.3 is 0 Å². The predicted octanol–water partition coefficient (Wildman–Crippen LogP) is 3.90. The minimum absolute atomic E-state index is 0.0178. The van der Waals surface area contributed by atoms with Crippen LogP contribution >= 0.6 is 15.9 Å². The van der Waals surface area contributed by atoms with Crippen LogP contribution in [0.2, 0.25) is 0 Å². The van der Waals surface area contributed by atoms with E-state index in [1.807, 2.05) is 0 Å². The van der Waals surface area contributed by atoms with Gasteiger partial charge in [0.25, 0.3) is 0 Å². The van der Waals surface area contributed by atoms with Crippen molar-refractivity contribution in [3.05, 3.63) is 74.8 Å². The van der Waals surface area contributed by atoms with E-state index < -0.39 is 27.7 Å². The first kappa shape index (κ1) is 20.2. The van der Waals surface area contributed by atoms with E-state index in [0.717, 1.165) is 12.3 Å². The van der Waals surface area contributed by atoms with E-state index in [0.29, 0.717) is 10.0 Å². The Morgan fingerprint density at radius 1 is 1.14 bits per heavy atom. The predicted molar refractivity (Wildman–Crippen MR) is 104 cm³/mol. The molecule has 0 aliphatic rings. The van der Waals surface area contributed by atoms with Crippen molar-refractivity contribution >= 4 is 25.8 Å². The molecule has 2 aromatic carbocycles. The second-order valence-corrected chi connectivity index (χ2v) is 8.80. The molecule has 0 saturated carbocycles. The first-order valence-corrected chi connectivity index (χ1v) is 10.6. The number of rotatable bonds is 5. The molecule has 146 valence electrons. The zero-order valence-corrected chi connectivity index (χ0v) is 16.9. The number of aliphatic hydroxyl groups is 1. The molecule has 0 atom stereocenters. The Labute approximate surface area is 168 Å². The van der Waals surface area contributed by atoms with Gasteiger partial charge in [0.15, 0.2) is 27.2 Å². The maximum absolute atomic E-state index is 14.1. The molecule has 0 unspecified atom stereocenters. The fourth-order valence-corrected chi connectivity index (χ4v) is 3.38. The summed E-state index contributed by atoms with van der Waals surface area (Å²) in [6.45, 7) is -0.531. The minimum Gasteiger partial charge on any atom is -0.454 e. The molecule has 9 heteroatoms. The van der Waals surface area contributed by atoms with Crippen molar-refractivity contribution in [2.45, 2.75) is 11.5 Å². The van der Waals surface area contributed by atoms with Gasteiger partial charge < -0.3 is 14.3 Å². The molecule has 0 amide bonds. The van der Waals surface area contributed by atoms with Gasteiger partial charge in [-0.25, -0.2) is 12.8 Å². The Bertz CT molecular complexity index is 1190. The number of benzene rings is 2. The van der Waals surface area contributed by atoms with Crippen LogP contribution in [0.3, 0.4) is 0 Å². The molecule has 0 spiro atoms. The average molecular weight is 469 g/mol. The standard InChI is InChI=1S/C19H14BrFO6S/c1-28(24,25)14-5-2-11(3-6-14)18-19(16(23)9-13(10-22)26-18)27-17-7-4-12(20)8-15(17)21/h2-9,22H,10H2,1H3. The number of halogens is 2. The van der Waals surface area contributed by atoms with Crippen molar-refractivity contribution < 1.29 is 27.1 Å². The summed E-state index contributed by atoms with van der Waals surface area (Å²) in [5.41, 5.74) is -0.299. The first-order valence-electron chi connectivity index (χ1n) is 7.90. The molecule has 0 aliphatic heterocycles. The molecule has 3 aromatic rings. The third kappa shape index (κ3) is 4.32. The van der Waals surface area contributed by atoms with Crippen LogP contribution in [0.4, 0.5) is 4.39 Å². The Morgan fingerprint density at radius 2 is 1.82 bits per heavy atom. The molecular formula is C19H14BrFO6S. The molecule has 1 aromatic heterocycles. The van der Waals surface area contributed by atoms with Crippen LogP contribution < -0.4 is 10.2 Å². The first-order chi connectivity index (χ1) is 13.2. The summed E-state index contributed by atoms with van der Waals surface area (Å²) in [4.78, 5) is 12.6. The molecular weight excluding hydrogens is 455 g/mol. The van der Waals surface area contributed by atoms with Crippen molar-refractivity contribution in [2.24, 2.45) is 0 Å². The Balaban J connectivity index is 2.14. The second-order valence-electron chi connectivity index (χ2n) is 5.87. The molecule has 0 saturated heterocycles. The van der Waals surface area contributed by atoms with Crippen LogP contribution in [0, 0.1) is 5.82 Å². The van der Waals surface area contributed by atoms with Gasteiger partial charge in [0.2, 0.25) is 11.2 Å². The lowest BCUT2D eigenvalue weighted by molar-refractivity contribution is 0.243. The summed E-state index contributed by atoms with van der Waals surface area (Å²) >= 11 is 3.14. The lowest BCUT2D eigenvalue weighted by Crippen LogP contribution is -2.08. The van der Waals surface area contributed by atoms with Crippen molar-refractivity contribution in [1.82, 2.24) is 0 Å². The maximum atomic E-state index is 14.1. The van der Waals surface area contributed by atoms with Gasteiger partial charge in [-0.2, -0.15) is 0 Å². The lowest BCUT2D eigenvalue weighted by atomic mass is 10.1. The van der Waals surface area contributed by atoms with Crippen LogP contribution in [0.5, 0.6) is 11.5 Å². The minimum atomic E-state index is -3.41. The van der Waals surface area contributed by atoms with E-state index >= 15 is 0 Å². The molecule has 0 aliphatic carbocycles. The molecule has 6 nitrogen and oxygen atoms in total. The summed E-state index contributed by atoms with van der Waals surface area (Å²) in [5.74, 6) is -1.25. The smallest absolute Gasteiger partial charge is 0.228 e. The number of ether oxygens (including phenoxy) is 1. The van der Waals surface area contributed by atoms with Crippen LogP contribution in [0.25, 0.3) is 11.3 Å². The zero-order valence-electron chi connectivity index (χ0n) is 14.5. The van der Waals surface area contributed by atoms with Gasteiger partial charge in [0, 0.05) is 22.4 Å². The summed E-state index contributed by atoms with van der Waals surface area (Å²) in [5, 5.41) is 9.32. The molecule has 0 fully saturated rings. The molecule has 0 radical (unpaired) electrons. The Hall–Kier alpha value is -2.49. The average Bonchev–Trinajstić information content (AvgIpc) is 2.64. The zero-order chi connectivity index (χ0) is 20.5. The summed E-state index contributed by atoms with van der Waals surface area (Å²) in [6.07, 6.45) is 1.07. The van der Waals surface area contributed by atoms with E-state index in [9.17, 15) is 22.7 Å². The highest BCUT2D eigenvalue weighted by atomic mass is 79.9. The number of sulfone groups is 1. The summed E-state index contributed by atoms with van der Waals surface area (Å²) in [6, 6.07) is 10.7. The van der Waals surface area contributed by atoms with Gasteiger partial charge in [-0.05, 0) is 42.5 Å². The van der Waals surface area contributed by atoms with Crippen molar-refractivity contribution in [1.29, 1.82) is 0 Å². The van der Waals surface area contributed by atoms with Gasteiger partial charge in [-0.1, -0.05) is 15.9 Å². The van der Waals surface area contributed by atoms with E-state index in [-0.39, 0.29) is 27.9 Å². The highest BCUT2D eigenvalue weighted by Crippen LogP contribution is 2.33. The third-order valence-electron chi connectivity index (χ3n) is 3.76. The molecule has 0 bridgehead atoms. The topological polar surface area (TPSA) is 93.8 Å². The Kier molecular flexibility index (Phi) is 5.69. The van der Waals surface area contributed by atoms with Crippen LogP contribution in [-0.2, 0) is 16.4 Å². The molecule has 28 heavy (non-hydrogen) atoms. The van der Waals surface area contributed by atoms with Crippen molar-refractivity contribution in [2.75, 3.05) is 6.26 Å². The normalized spacial score (nSPS) is 11.4. The maximum Gasteiger partial charge on any atom is 0.228 e. The monoisotopic (exact) mass is 468 g/mol. The van der Waals surface area contributed by atoms with E-state index in [1.54, 1.807) is 6.07 Å². The molecule has 1 N–H and O–H groups in total. The number of hydrogen-bond acceptors (Lipinski definition) is 6. The molecule has 3 rings (SSSR count). The number of hydrogen-bond donors (Lipinski definition) is 1. The van der Waals surface area contributed by atoms with E-state index in [2.05, 4.69) is 15.9 Å². The number of aliphatic hydroxyl groups excluding tert-OH is 1.